The summed E-state index contributed by atoms with van der Waals surface area (Å²) >= 11 is 0. The fourth-order valence-corrected chi connectivity index (χ4v) is 1.40. The molecule has 0 N–H and O–H groups in total. The zero-order chi connectivity index (χ0) is 12.2. The van der Waals surface area contributed by atoms with Gasteiger partial charge in [0, 0.05) is 0 Å². The van der Waals surface area contributed by atoms with Gasteiger partial charge in [-0.2, -0.15) is 4.99 Å². The van der Waals surface area contributed by atoms with Crippen LogP contribution >= 0.6 is 0 Å². The van der Waals surface area contributed by atoms with Crippen molar-refractivity contribution in [1.82, 2.24) is 0 Å². The Bertz CT molecular complexity index is 420. The van der Waals surface area contributed by atoms with Crippen molar-refractivity contribution in [1.29, 1.82) is 0 Å². The fraction of sp³-hybridized carbons (Fsp3) is 0.417. The van der Waals surface area contributed by atoms with Gasteiger partial charge in [0.1, 0.15) is 0 Å². The third kappa shape index (κ3) is 2.41. The maximum absolute atomic E-state index is 10.3. The van der Waals surface area contributed by atoms with Crippen LogP contribution in [0.5, 0.6) is 11.5 Å². The average Bonchev–Trinajstić information content (AvgIpc) is 2.28. The molecule has 1 aromatic carbocycles. The smallest absolute Gasteiger partial charge is 0.235 e. The summed E-state index contributed by atoms with van der Waals surface area (Å²) in [5, 5.41) is 0. The lowest BCUT2D eigenvalue weighted by molar-refractivity contribution is 0.353. The van der Waals surface area contributed by atoms with E-state index in [1.54, 1.807) is 32.4 Å². The molecular weight excluding hydrogens is 206 g/mol. The van der Waals surface area contributed by atoms with Crippen LogP contribution in [-0.2, 0) is 10.3 Å². The van der Waals surface area contributed by atoms with Crippen molar-refractivity contribution in [3.05, 3.63) is 23.8 Å². The van der Waals surface area contributed by atoms with Gasteiger partial charge in [0.2, 0.25) is 6.08 Å². The van der Waals surface area contributed by atoms with Gasteiger partial charge in [0.05, 0.1) is 19.8 Å². The molecular formula is C12H15NO3. The highest BCUT2D eigenvalue weighted by Crippen LogP contribution is 2.33. The molecule has 0 aliphatic heterocycles. The Hall–Kier alpha value is -1.80. The third-order valence-corrected chi connectivity index (χ3v) is 2.42. The van der Waals surface area contributed by atoms with E-state index < -0.39 is 5.54 Å². The molecule has 0 spiro atoms. The Kier molecular flexibility index (Phi) is 3.69. The van der Waals surface area contributed by atoms with Crippen LogP contribution in [0.3, 0.4) is 0 Å². The predicted molar refractivity (Wildman–Crippen MR) is 60.7 cm³/mol. The van der Waals surface area contributed by atoms with Crippen LogP contribution in [0.25, 0.3) is 0 Å². The van der Waals surface area contributed by atoms with Gasteiger partial charge in [0.15, 0.2) is 11.5 Å². The lowest BCUT2D eigenvalue weighted by atomic mass is 9.95. The molecule has 0 fully saturated rings. The second-order valence-electron chi connectivity index (χ2n) is 3.83. The Morgan fingerprint density at radius 2 is 1.81 bits per heavy atom. The van der Waals surface area contributed by atoms with Crippen LogP contribution in [0.15, 0.2) is 23.2 Å². The highest BCUT2D eigenvalue weighted by Gasteiger charge is 2.21. The fourth-order valence-electron chi connectivity index (χ4n) is 1.40. The Morgan fingerprint density at radius 1 is 1.19 bits per heavy atom. The Balaban J connectivity index is 3.22. The van der Waals surface area contributed by atoms with Crippen molar-refractivity contribution in [2.24, 2.45) is 4.99 Å². The summed E-state index contributed by atoms with van der Waals surface area (Å²) in [5.74, 6) is 1.27. The second-order valence-corrected chi connectivity index (χ2v) is 3.83. The maximum atomic E-state index is 10.3. The number of benzene rings is 1. The lowest BCUT2D eigenvalue weighted by Gasteiger charge is -2.19. The van der Waals surface area contributed by atoms with E-state index in [4.69, 9.17) is 9.47 Å². The van der Waals surface area contributed by atoms with Crippen molar-refractivity contribution in [3.8, 4) is 11.5 Å². The molecule has 0 aliphatic rings. The maximum Gasteiger partial charge on any atom is 0.235 e. The summed E-state index contributed by atoms with van der Waals surface area (Å²) in [6.07, 6.45) is 1.58. The summed E-state index contributed by atoms with van der Waals surface area (Å²) < 4.78 is 10.3. The number of ether oxygens (including phenoxy) is 2. The number of methoxy groups -OCH3 is 2. The normalized spacial score (nSPS) is 10.5. The average molecular weight is 221 g/mol. The van der Waals surface area contributed by atoms with Crippen molar-refractivity contribution in [3.63, 3.8) is 0 Å². The SMILES string of the molecule is COc1ccc(C(C)(C)N=C=O)cc1OC. The molecule has 0 atom stereocenters. The van der Waals surface area contributed by atoms with Crippen LogP contribution in [0.2, 0.25) is 0 Å². The molecule has 0 saturated heterocycles. The van der Waals surface area contributed by atoms with Crippen LogP contribution in [0.4, 0.5) is 0 Å². The zero-order valence-electron chi connectivity index (χ0n) is 9.90. The van der Waals surface area contributed by atoms with Gasteiger partial charge >= 0.3 is 0 Å². The quantitative estimate of drug-likeness (QED) is 0.579. The van der Waals surface area contributed by atoms with E-state index in [1.165, 1.54) is 0 Å². The van der Waals surface area contributed by atoms with Crippen LogP contribution in [0, 0.1) is 0 Å². The van der Waals surface area contributed by atoms with Crippen molar-refractivity contribution in [2.75, 3.05) is 14.2 Å². The molecule has 0 radical (unpaired) electrons. The minimum atomic E-state index is -0.610. The largest absolute Gasteiger partial charge is 0.493 e. The molecule has 4 nitrogen and oxygen atoms in total. The third-order valence-electron chi connectivity index (χ3n) is 2.42. The van der Waals surface area contributed by atoms with E-state index in [2.05, 4.69) is 4.99 Å². The first kappa shape index (κ1) is 12.3. The van der Waals surface area contributed by atoms with Gasteiger partial charge in [-0.1, -0.05) is 6.07 Å². The van der Waals surface area contributed by atoms with Crippen molar-refractivity contribution >= 4 is 6.08 Å². The molecule has 1 aromatic rings. The minimum absolute atomic E-state index is 0.610. The van der Waals surface area contributed by atoms with Gasteiger partial charge < -0.3 is 9.47 Å². The number of carbonyl (C=O) groups excluding carboxylic acids is 1. The summed E-state index contributed by atoms with van der Waals surface area (Å²) in [6, 6.07) is 5.44. The van der Waals surface area contributed by atoms with E-state index in [9.17, 15) is 4.79 Å². The van der Waals surface area contributed by atoms with E-state index in [1.807, 2.05) is 19.9 Å². The summed E-state index contributed by atoms with van der Waals surface area (Å²) in [5.41, 5.74) is 0.259. The number of hydrogen-bond donors (Lipinski definition) is 0. The zero-order valence-corrected chi connectivity index (χ0v) is 9.90. The molecule has 0 aromatic heterocycles. The minimum Gasteiger partial charge on any atom is -0.493 e. The van der Waals surface area contributed by atoms with E-state index in [0.717, 1.165) is 5.56 Å². The molecule has 4 heteroatoms. The van der Waals surface area contributed by atoms with Crippen LogP contribution < -0.4 is 9.47 Å². The number of isocyanates is 1. The number of aliphatic imine (C=N–C) groups is 1. The van der Waals surface area contributed by atoms with Gasteiger partial charge in [-0.25, -0.2) is 4.79 Å². The molecule has 0 amide bonds. The Morgan fingerprint density at radius 3 is 2.31 bits per heavy atom. The van der Waals surface area contributed by atoms with Crippen molar-refractivity contribution in [2.45, 2.75) is 19.4 Å². The van der Waals surface area contributed by atoms with Gasteiger partial charge in [-0.15, -0.1) is 0 Å². The molecule has 0 aliphatic carbocycles. The summed E-state index contributed by atoms with van der Waals surface area (Å²) in [4.78, 5) is 14.1. The Labute approximate surface area is 94.9 Å². The molecule has 16 heavy (non-hydrogen) atoms. The van der Waals surface area contributed by atoms with Crippen molar-refractivity contribution < 1.29 is 14.3 Å². The van der Waals surface area contributed by atoms with Crippen LogP contribution in [-0.4, -0.2) is 20.3 Å². The van der Waals surface area contributed by atoms with E-state index in [-0.39, 0.29) is 0 Å². The van der Waals surface area contributed by atoms with E-state index >= 15 is 0 Å². The monoisotopic (exact) mass is 221 g/mol. The summed E-state index contributed by atoms with van der Waals surface area (Å²) in [7, 11) is 3.14. The first-order chi connectivity index (χ1) is 7.55. The molecule has 0 unspecified atom stereocenters. The molecule has 0 heterocycles. The summed E-state index contributed by atoms with van der Waals surface area (Å²) in [6.45, 7) is 3.66. The predicted octanol–water partition coefficient (Wildman–Crippen LogP) is 2.27. The van der Waals surface area contributed by atoms with Gasteiger partial charge in [-0.05, 0) is 31.5 Å². The van der Waals surface area contributed by atoms with Gasteiger partial charge in [0.25, 0.3) is 0 Å². The number of rotatable bonds is 4. The second kappa shape index (κ2) is 4.81. The van der Waals surface area contributed by atoms with E-state index in [0.29, 0.717) is 11.5 Å². The standard InChI is InChI=1S/C12H15NO3/c1-12(2,13-8-14)9-5-6-10(15-3)11(7-9)16-4/h5-7H,1-4H3. The lowest BCUT2D eigenvalue weighted by Crippen LogP contribution is -2.13. The van der Waals surface area contributed by atoms with Crippen LogP contribution in [0.1, 0.15) is 19.4 Å². The molecule has 86 valence electrons. The topological polar surface area (TPSA) is 47.9 Å². The first-order valence-corrected chi connectivity index (χ1v) is 4.86. The molecule has 0 saturated carbocycles. The highest BCUT2D eigenvalue weighted by molar-refractivity contribution is 5.46. The van der Waals surface area contributed by atoms with Gasteiger partial charge in [-0.3, -0.25) is 0 Å². The first-order valence-electron chi connectivity index (χ1n) is 4.86. The molecule has 0 bridgehead atoms. The molecule has 1 rings (SSSR count). The number of nitrogens with zero attached hydrogens (tertiary/aromatic N) is 1. The highest BCUT2D eigenvalue weighted by atomic mass is 16.5. The number of hydrogen-bond acceptors (Lipinski definition) is 4.